The van der Waals surface area contributed by atoms with E-state index >= 15 is 0 Å². The van der Waals surface area contributed by atoms with Crippen LogP contribution in [-0.4, -0.2) is 28.7 Å². The molecule has 2 aromatic rings. The van der Waals surface area contributed by atoms with Gasteiger partial charge in [-0.3, -0.25) is 0 Å². The van der Waals surface area contributed by atoms with Crippen LogP contribution in [0.4, 0.5) is 0 Å². The first-order valence-electron chi connectivity index (χ1n) is 6.43. The number of nitrogens with zero attached hydrogens (tertiary/aromatic N) is 2. The first kappa shape index (κ1) is 14.1. The molecule has 0 bridgehead atoms. The molecule has 0 radical (unpaired) electrons. The van der Waals surface area contributed by atoms with Crippen molar-refractivity contribution in [3.8, 4) is 0 Å². The van der Waals surface area contributed by atoms with Crippen LogP contribution in [0.15, 0.2) is 34.9 Å². The Bertz CT molecular complexity index is 473. The van der Waals surface area contributed by atoms with Crippen molar-refractivity contribution in [3.63, 3.8) is 0 Å². The number of hydrogen-bond donors (Lipinski definition) is 1. The SMILES string of the molecule is CSCCCNCc1nc(Cc2ccccc2)no1. The van der Waals surface area contributed by atoms with Crippen LogP contribution < -0.4 is 5.32 Å². The maximum Gasteiger partial charge on any atom is 0.240 e. The second kappa shape index (κ2) is 7.96. The van der Waals surface area contributed by atoms with E-state index in [0.717, 1.165) is 25.2 Å². The van der Waals surface area contributed by atoms with E-state index in [2.05, 4.69) is 33.8 Å². The molecule has 0 unspecified atom stereocenters. The van der Waals surface area contributed by atoms with Gasteiger partial charge in [0.25, 0.3) is 0 Å². The van der Waals surface area contributed by atoms with E-state index in [1.165, 1.54) is 11.3 Å². The van der Waals surface area contributed by atoms with E-state index in [0.29, 0.717) is 12.4 Å². The molecule has 19 heavy (non-hydrogen) atoms. The van der Waals surface area contributed by atoms with Crippen molar-refractivity contribution in [2.45, 2.75) is 19.4 Å². The molecule has 0 saturated heterocycles. The predicted octanol–water partition coefficient (Wildman–Crippen LogP) is 2.50. The Kier molecular flexibility index (Phi) is 5.91. The summed E-state index contributed by atoms with van der Waals surface area (Å²) in [6, 6.07) is 10.2. The van der Waals surface area contributed by atoms with E-state index in [9.17, 15) is 0 Å². The quantitative estimate of drug-likeness (QED) is 0.751. The minimum absolute atomic E-state index is 0.649. The zero-order valence-corrected chi connectivity index (χ0v) is 11.9. The van der Waals surface area contributed by atoms with Crippen molar-refractivity contribution in [1.29, 1.82) is 0 Å². The molecule has 1 N–H and O–H groups in total. The Morgan fingerprint density at radius 1 is 1.26 bits per heavy atom. The summed E-state index contributed by atoms with van der Waals surface area (Å²) in [5, 5.41) is 7.30. The predicted molar refractivity (Wildman–Crippen MR) is 78.3 cm³/mol. The molecule has 0 aliphatic rings. The average Bonchev–Trinajstić information content (AvgIpc) is 2.87. The van der Waals surface area contributed by atoms with E-state index in [-0.39, 0.29) is 0 Å². The maximum absolute atomic E-state index is 5.21. The fourth-order valence-corrected chi connectivity index (χ4v) is 2.18. The topological polar surface area (TPSA) is 51.0 Å². The highest BCUT2D eigenvalue weighted by Crippen LogP contribution is 2.06. The standard InChI is InChI=1S/C14H19N3OS/c1-19-9-5-8-15-11-14-16-13(17-18-14)10-12-6-3-2-4-7-12/h2-4,6-7,15H,5,8-11H2,1H3. The molecule has 4 nitrogen and oxygen atoms in total. The minimum atomic E-state index is 0.649. The van der Waals surface area contributed by atoms with Gasteiger partial charge >= 0.3 is 0 Å². The van der Waals surface area contributed by atoms with E-state index < -0.39 is 0 Å². The number of thioether (sulfide) groups is 1. The van der Waals surface area contributed by atoms with Gasteiger partial charge in [-0.1, -0.05) is 35.5 Å². The minimum Gasteiger partial charge on any atom is -0.338 e. The number of hydrogen-bond acceptors (Lipinski definition) is 5. The highest BCUT2D eigenvalue weighted by Gasteiger charge is 2.06. The lowest BCUT2D eigenvalue weighted by Gasteiger charge is -1.99. The molecular weight excluding hydrogens is 258 g/mol. The van der Waals surface area contributed by atoms with Crippen LogP contribution >= 0.6 is 11.8 Å². The highest BCUT2D eigenvalue weighted by molar-refractivity contribution is 7.98. The highest BCUT2D eigenvalue weighted by atomic mass is 32.2. The summed E-state index contributed by atoms with van der Waals surface area (Å²) < 4.78 is 5.21. The Hall–Kier alpha value is -1.33. The number of benzene rings is 1. The molecule has 0 atom stereocenters. The van der Waals surface area contributed by atoms with Gasteiger partial charge in [-0.05, 0) is 30.5 Å². The van der Waals surface area contributed by atoms with E-state index in [1.807, 2.05) is 30.0 Å². The molecular formula is C14H19N3OS. The van der Waals surface area contributed by atoms with Gasteiger partial charge in [-0.15, -0.1) is 0 Å². The van der Waals surface area contributed by atoms with Crippen LogP contribution in [0.5, 0.6) is 0 Å². The monoisotopic (exact) mass is 277 g/mol. The van der Waals surface area contributed by atoms with E-state index in [4.69, 9.17) is 4.52 Å². The summed E-state index contributed by atoms with van der Waals surface area (Å²) in [5.74, 6) is 2.58. The summed E-state index contributed by atoms with van der Waals surface area (Å²) in [4.78, 5) is 4.38. The first-order valence-corrected chi connectivity index (χ1v) is 7.83. The Morgan fingerprint density at radius 2 is 2.11 bits per heavy atom. The van der Waals surface area contributed by atoms with Gasteiger partial charge in [-0.25, -0.2) is 0 Å². The van der Waals surface area contributed by atoms with Crippen molar-refractivity contribution in [3.05, 3.63) is 47.6 Å². The molecule has 102 valence electrons. The van der Waals surface area contributed by atoms with Gasteiger partial charge in [0.05, 0.1) is 6.54 Å². The lowest BCUT2D eigenvalue weighted by Crippen LogP contribution is -2.15. The van der Waals surface area contributed by atoms with Gasteiger partial charge in [0, 0.05) is 6.42 Å². The molecule has 0 fully saturated rings. The second-order valence-corrected chi connectivity index (χ2v) is 5.28. The van der Waals surface area contributed by atoms with Crippen molar-refractivity contribution < 1.29 is 4.52 Å². The number of rotatable bonds is 8. The van der Waals surface area contributed by atoms with Gasteiger partial charge in [0.1, 0.15) is 0 Å². The molecule has 0 aliphatic carbocycles. The summed E-state index contributed by atoms with van der Waals surface area (Å²) in [7, 11) is 0. The van der Waals surface area contributed by atoms with Crippen molar-refractivity contribution >= 4 is 11.8 Å². The summed E-state index contributed by atoms with van der Waals surface area (Å²) in [6.45, 7) is 1.63. The van der Waals surface area contributed by atoms with Gasteiger partial charge < -0.3 is 9.84 Å². The molecule has 0 saturated carbocycles. The van der Waals surface area contributed by atoms with Crippen LogP contribution in [0, 0.1) is 0 Å². The Labute approximate surface area is 118 Å². The first-order chi connectivity index (χ1) is 9.38. The molecule has 0 amide bonds. The van der Waals surface area contributed by atoms with Crippen molar-refractivity contribution in [2.75, 3.05) is 18.6 Å². The summed E-state index contributed by atoms with van der Waals surface area (Å²) >= 11 is 1.86. The fourth-order valence-electron chi connectivity index (χ4n) is 1.75. The largest absolute Gasteiger partial charge is 0.338 e. The second-order valence-electron chi connectivity index (χ2n) is 4.29. The third-order valence-corrected chi connectivity index (χ3v) is 3.39. The summed E-state index contributed by atoms with van der Waals surface area (Å²) in [6.07, 6.45) is 4.00. The number of nitrogens with one attached hydrogen (secondary N) is 1. The molecule has 0 spiro atoms. The van der Waals surface area contributed by atoms with Crippen LogP contribution in [-0.2, 0) is 13.0 Å². The Morgan fingerprint density at radius 3 is 2.89 bits per heavy atom. The van der Waals surface area contributed by atoms with Gasteiger partial charge in [0.15, 0.2) is 5.82 Å². The smallest absolute Gasteiger partial charge is 0.240 e. The molecule has 1 aromatic heterocycles. The van der Waals surface area contributed by atoms with Crippen LogP contribution in [0.1, 0.15) is 23.7 Å². The molecule has 5 heteroatoms. The molecule has 1 aromatic carbocycles. The third-order valence-electron chi connectivity index (χ3n) is 2.69. The third kappa shape index (κ3) is 5.04. The van der Waals surface area contributed by atoms with Crippen LogP contribution in [0.25, 0.3) is 0 Å². The normalized spacial score (nSPS) is 10.8. The lowest BCUT2D eigenvalue weighted by atomic mass is 10.1. The van der Waals surface area contributed by atoms with Crippen LogP contribution in [0.3, 0.4) is 0 Å². The van der Waals surface area contributed by atoms with E-state index in [1.54, 1.807) is 0 Å². The Balaban J connectivity index is 1.76. The lowest BCUT2D eigenvalue weighted by molar-refractivity contribution is 0.364. The number of aromatic nitrogens is 2. The van der Waals surface area contributed by atoms with Gasteiger partial charge in [-0.2, -0.15) is 16.7 Å². The molecule has 2 rings (SSSR count). The van der Waals surface area contributed by atoms with Crippen LogP contribution in [0.2, 0.25) is 0 Å². The maximum atomic E-state index is 5.21. The zero-order chi connectivity index (χ0) is 13.3. The van der Waals surface area contributed by atoms with Crippen molar-refractivity contribution in [1.82, 2.24) is 15.5 Å². The molecule has 0 aliphatic heterocycles. The molecule has 1 heterocycles. The fraction of sp³-hybridized carbons (Fsp3) is 0.429. The van der Waals surface area contributed by atoms with Crippen molar-refractivity contribution in [2.24, 2.45) is 0 Å². The summed E-state index contributed by atoms with van der Waals surface area (Å²) in [5.41, 5.74) is 1.20. The van der Waals surface area contributed by atoms with Gasteiger partial charge in [0.2, 0.25) is 5.89 Å². The zero-order valence-electron chi connectivity index (χ0n) is 11.1. The average molecular weight is 277 g/mol.